The van der Waals surface area contributed by atoms with Crippen LogP contribution in [0.2, 0.25) is 0 Å². The molecule has 0 fully saturated rings. The summed E-state index contributed by atoms with van der Waals surface area (Å²) in [4.78, 5) is 24.9. The fourth-order valence-corrected chi connectivity index (χ4v) is 3.08. The highest BCUT2D eigenvalue weighted by Crippen LogP contribution is 2.25. The van der Waals surface area contributed by atoms with Crippen molar-refractivity contribution in [1.82, 2.24) is 19.5 Å². The first-order valence-electron chi connectivity index (χ1n) is 8.85. The third-order valence-corrected chi connectivity index (χ3v) is 4.84. The van der Waals surface area contributed by atoms with Crippen LogP contribution in [0.25, 0.3) is 5.82 Å². The lowest BCUT2D eigenvalue weighted by Gasteiger charge is -2.10. The van der Waals surface area contributed by atoms with Crippen LogP contribution in [0, 0.1) is 0 Å². The third kappa shape index (κ3) is 4.47. The Hall–Kier alpha value is -3.72. The summed E-state index contributed by atoms with van der Waals surface area (Å²) in [6.45, 7) is 0. The molecule has 2 aromatic carbocycles. The number of nitrogens with zero attached hydrogens (tertiary/aromatic N) is 4. The largest absolute Gasteiger partial charge is 0.497 e. The zero-order chi connectivity index (χ0) is 20.9. The van der Waals surface area contributed by atoms with Gasteiger partial charge < -0.3 is 14.8 Å². The molecule has 2 aromatic heterocycles. The molecule has 4 rings (SSSR count). The second kappa shape index (κ2) is 8.75. The minimum absolute atomic E-state index is 0.254. The first-order valence-corrected chi connectivity index (χ1v) is 9.65. The number of imidazole rings is 1. The number of carbonyl (C=O) groups excluding carboxylic acids is 1. The van der Waals surface area contributed by atoms with Crippen molar-refractivity contribution in [2.45, 2.75) is 0 Å². The molecule has 0 radical (unpaired) electrons. The Morgan fingerprint density at radius 3 is 2.60 bits per heavy atom. The van der Waals surface area contributed by atoms with Crippen molar-refractivity contribution in [1.29, 1.82) is 0 Å². The Balaban J connectivity index is 1.45. The van der Waals surface area contributed by atoms with Crippen molar-refractivity contribution in [3.8, 4) is 23.2 Å². The summed E-state index contributed by atoms with van der Waals surface area (Å²) in [5.74, 6) is 1.96. The molecule has 0 spiro atoms. The van der Waals surface area contributed by atoms with Crippen molar-refractivity contribution < 1.29 is 14.3 Å². The van der Waals surface area contributed by atoms with E-state index in [9.17, 15) is 4.79 Å². The van der Waals surface area contributed by atoms with Crippen LogP contribution in [0.4, 0.5) is 5.69 Å². The van der Waals surface area contributed by atoms with Crippen LogP contribution >= 0.6 is 15.9 Å². The van der Waals surface area contributed by atoms with Crippen LogP contribution in [-0.2, 0) is 0 Å². The number of nitrogens with one attached hydrogen (secondary N) is 1. The lowest BCUT2D eigenvalue weighted by Crippen LogP contribution is -2.12. The smallest absolute Gasteiger partial charge is 0.256 e. The number of carbonyl (C=O) groups is 1. The average Bonchev–Trinajstić information content (AvgIpc) is 3.31. The van der Waals surface area contributed by atoms with E-state index in [1.807, 2.05) is 0 Å². The van der Waals surface area contributed by atoms with Gasteiger partial charge in [-0.1, -0.05) is 0 Å². The van der Waals surface area contributed by atoms with Gasteiger partial charge in [-0.05, 0) is 58.4 Å². The molecule has 8 nitrogen and oxygen atoms in total. The summed E-state index contributed by atoms with van der Waals surface area (Å²) in [6.07, 6.45) is 6.51. The summed E-state index contributed by atoms with van der Waals surface area (Å²) in [6, 6.07) is 13.9. The minimum Gasteiger partial charge on any atom is -0.497 e. The molecule has 1 amide bonds. The average molecular weight is 466 g/mol. The van der Waals surface area contributed by atoms with Crippen molar-refractivity contribution in [3.63, 3.8) is 0 Å². The molecule has 30 heavy (non-hydrogen) atoms. The van der Waals surface area contributed by atoms with E-state index in [4.69, 9.17) is 9.47 Å². The normalized spacial score (nSPS) is 10.5. The highest BCUT2D eigenvalue weighted by atomic mass is 79.9. The first kappa shape index (κ1) is 19.6. The molecule has 0 saturated carbocycles. The van der Waals surface area contributed by atoms with E-state index in [0.717, 1.165) is 0 Å². The molecule has 150 valence electrons. The number of rotatable bonds is 6. The molecular formula is C21H16BrN5O3. The van der Waals surface area contributed by atoms with E-state index in [0.29, 0.717) is 38.9 Å². The molecule has 0 saturated heterocycles. The van der Waals surface area contributed by atoms with Crippen molar-refractivity contribution in [3.05, 3.63) is 83.6 Å². The maximum Gasteiger partial charge on any atom is 0.256 e. The van der Waals surface area contributed by atoms with E-state index >= 15 is 0 Å². The molecule has 0 aliphatic heterocycles. The van der Waals surface area contributed by atoms with Gasteiger partial charge in [-0.25, -0.2) is 15.0 Å². The number of ether oxygens (including phenoxy) is 2. The van der Waals surface area contributed by atoms with Crippen molar-refractivity contribution in [2.24, 2.45) is 0 Å². The number of benzene rings is 2. The minimum atomic E-state index is -0.254. The van der Waals surface area contributed by atoms with Gasteiger partial charge in [0.05, 0.1) is 12.7 Å². The Kier molecular flexibility index (Phi) is 5.71. The molecule has 0 atom stereocenters. The molecule has 0 aliphatic rings. The van der Waals surface area contributed by atoms with Gasteiger partial charge in [-0.15, -0.1) is 0 Å². The van der Waals surface area contributed by atoms with Gasteiger partial charge in [0.25, 0.3) is 5.91 Å². The fraction of sp³-hybridized carbons (Fsp3) is 0.0476. The van der Waals surface area contributed by atoms with Crippen LogP contribution in [0.15, 0.2) is 78.1 Å². The Morgan fingerprint density at radius 2 is 1.87 bits per heavy atom. The molecule has 1 N–H and O–H groups in total. The van der Waals surface area contributed by atoms with E-state index in [-0.39, 0.29) is 5.91 Å². The van der Waals surface area contributed by atoms with Gasteiger partial charge in [0.15, 0.2) is 0 Å². The van der Waals surface area contributed by atoms with E-state index in [1.54, 1.807) is 78.9 Å². The highest BCUT2D eigenvalue weighted by Gasteiger charge is 2.12. The molecular weight excluding hydrogens is 450 g/mol. The number of hydrogen-bond donors (Lipinski definition) is 1. The Bertz CT molecular complexity index is 1160. The Morgan fingerprint density at radius 1 is 1.07 bits per heavy atom. The van der Waals surface area contributed by atoms with Crippen LogP contribution < -0.4 is 14.8 Å². The van der Waals surface area contributed by atoms with Gasteiger partial charge in [0.1, 0.15) is 30.0 Å². The summed E-state index contributed by atoms with van der Waals surface area (Å²) < 4.78 is 13.4. The second-order valence-corrected chi connectivity index (χ2v) is 6.97. The van der Waals surface area contributed by atoms with Gasteiger partial charge in [-0.2, -0.15) is 0 Å². The van der Waals surface area contributed by atoms with Gasteiger partial charge in [0.2, 0.25) is 5.88 Å². The summed E-state index contributed by atoms with van der Waals surface area (Å²) in [5, 5.41) is 2.85. The quantitative estimate of drug-likeness (QED) is 0.451. The lowest BCUT2D eigenvalue weighted by molar-refractivity contribution is 0.102. The topological polar surface area (TPSA) is 91.2 Å². The number of halogens is 1. The lowest BCUT2D eigenvalue weighted by atomic mass is 10.2. The summed E-state index contributed by atoms with van der Waals surface area (Å²) in [5.41, 5.74) is 1.10. The molecule has 2 heterocycles. The Labute approximate surface area is 180 Å². The number of methoxy groups -OCH3 is 1. The number of aromatic nitrogens is 4. The fourth-order valence-electron chi connectivity index (χ4n) is 2.65. The van der Waals surface area contributed by atoms with Crippen molar-refractivity contribution >= 4 is 27.5 Å². The maximum atomic E-state index is 12.6. The van der Waals surface area contributed by atoms with Gasteiger partial charge >= 0.3 is 0 Å². The van der Waals surface area contributed by atoms with E-state index < -0.39 is 0 Å². The van der Waals surface area contributed by atoms with Gasteiger partial charge in [-0.3, -0.25) is 9.36 Å². The van der Waals surface area contributed by atoms with Gasteiger partial charge in [0, 0.05) is 28.6 Å². The molecule has 0 aliphatic carbocycles. The maximum absolute atomic E-state index is 12.6. The molecule has 0 bridgehead atoms. The van der Waals surface area contributed by atoms with Crippen LogP contribution in [0.3, 0.4) is 0 Å². The summed E-state index contributed by atoms with van der Waals surface area (Å²) in [7, 11) is 1.56. The zero-order valence-electron chi connectivity index (χ0n) is 15.8. The number of amides is 1. The molecule has 0 unspecified atom stereocenters. The highest BCUT2D eigenvalue weighted by molar-refractivity contribution is 9.10. The predicted octanol–water partition coefficient (Wildman–Crippen LogP) is 4.48. The van der Waals surface area contributed by atoms with E-state index in [2.05, 4.69) is 36.2 Å². The second-order valence-electron chi connectivity index (χ2n) is 6.11. The summed E-state index contributed by atoms with van der Waals surface area (Å²) >= 11 is 3.39. The number of anilines is 1. The molecule has 4 aromatic rings. The first-order chi connectivity index (χ1) is 14.6. The SMILES string of the molecule is COc1ccc(Br)c(C(=O)Nc2ccc(Oc3cc(-n4ccnc4)ncn3)cc2)c1. The predicted molar refractivity (Wildman–Crippen MR) is 114 cm³/mol. The zero-order valence-corrected chi connectivity index (χ0v) is 17.4. The standard InChI is InChI=1S/C21H16BrN5O3/c1-29-16-6-7-18(22)17(10-16)21(28)26-14-2-4-15(5-3-14)30-20-11-19(24-12-25-20)27-9-8-23-13-27/h2-13H,1H3,(H,26,28). The van der Waals surface area contributed by atoms with E-state index in [1.165, 1.54) is 6.33 Å². The van der Waals surface area contributed by atoms with Crippen LogP contribution in [0.5, 0.6) is 17.4 Å². The third-order valence-electron chi connectivity index (χ3n) is 4.15. The van der Waals surface area contributed by atoms with Crippen LogP contribution in [-0.4, -0.2) is 32.5 Å². The van der Waals surface area contributed by atoms with Crippen molar-refractivity contribution in [2.75, 3.05) is 12.4 Å². The van der Waals surface area contributed by atoms with Crippen LogP contribution in [0.1, 0.15) is 10.4 Å². The molecule has 9 heteroatoms. The number of hydrogen-bond acceptors (Lipinski definition) is 6. The monoisotopic (exact) mass is 465 g/mol.